The lowest BCUT2D eigenvalue weighted by Gasteiger charge is -2.44. The molecule has 0 radical (unpaired) electrons. The van der Waals surface area contributed by atoms with Crippen molar-refractivity contribution < 1.29 is 19.1 Å². The van der Waals surface area contributed by atoms with Crippen LogP contribution in [0, 0.1) is 5.82 Å². The first-order valence-corrected chi connectivity index (χ1v) is 7.21. The molecule has 114 valence electrons. The minimum Gasteiger partial charge on any atom is -0.481 e. The van der Waals surface area contributed by atoms with Gasteiger partial charge in [-0.1, -0.05) is 31.4 Å². The molecule has 0 aliphatic heterocycles. The van der Waals surface area contributed by atoms with Gasteiger partial charge in [-0.2, -0.15) is 0 Å². The highest BCUT2D eigenvalue weighted by Gasteiger charge is 2.41. The van der Waals surface area contributed by atoms with Gasteiger partial charge in [0.25, 0.3) is 5.91 Å². The Balaban J connectivity index is 2.29. The monoisotopic (exact) mass is 293 g/mol. The molecule has 0 unspecified atom stereocenters. The molecule has 1 fully saturated rings. The first kappa shape index (κ1) is 15.5. The highest BCUT2D eigenvalue weighted by Crippen LogP contribution is 2.36. The highest BCUT2D eigenvalue weighted by molar-refractivity contribution is 5.95. The molecule has 4 nitrogen and oxygen atoms in total. The molecule has 1 aliphatic carbocycles. The summed E-state index contributed by atoms with van der Waals surface area (Å²) in [5, 5.41) is 9.17. The van der Waals surface area contributed by atoms with Crippen molar-refractivity contribution in [2.45, 2.75) is 44.1 Å². The van der Waals surface area contributed by atoms with Crippen molar-refractivity contribution in [1.29, 1.82) is 0 Å². The molecular formula is C16H20FNO3. The number of carboxylic acids is 1. The van der Waals surface area contributed by atoms with Crippen LogP contribution in [0.3, 0.4) is 0 Å². The molecule has 0 saturated heterocycles. The fourth-order valence-corrected chi connectivity index (χ4v) is 3.15. The van der Waals surface area contributed by atoms with Crippen LogP contribution in [0.1, 0.15) is 48.9 Å². The van der Waals surface area contributed by atoms with Gasteiger partial charge in [0.15, 0.2) is 0 Å². The highest BCUT2D eigenvalue weighted by atomic mass is 19.1. The predicted octanol–water partition coefficient (Wildman–Crippen LogP) is 3.08. The summed E-state index contributed by atoms with van der Waals surface area (Å²) in [7, 11) is 1.59. The van der Waals surface area contributed by atoms with Crippen molar-refractivity contribution in [3.63, 3.8) is 0 Å². The zero-order chi connectivity index (χ0) is 15.5. The van der Waals surface area contributed by atoms with E-state index < -0.39 is 23.2 Å². The largest absolute Gasteiger partial charge is 0.481 e. The minimum atomic E-state index is -0.926. The summed E-state index contributed by atoms with van der Waals surface area (Å²) >= 11 is 0. The minimum absolute atomic E-state index is 0.00432. The van der Waals surface area contributed by atoms with Crippen LogP contribution in [0.15, 0.2) is 24.3 Å². The molecular weight excluding hydrogens is 273 g/mol. The average Bonchev–Trinajstić information content (AvgIpc) is 2.46. The first-order valence-electron chi connectivity index (χ1n) is 7.21. The molecule has 0 atom stereocenters. The Morgan fingerprint density at radius 2 is 1.86 bits per heavy atom. The maximum Gasteiger partial charge on any atom is 0.305 e. The zero-order valence-electron chi connectivity index (χ0n) is 12.1. The van der Waals surface area contributed by atoms with Crippen LogP contribution in [0.25, 0.3) is 0 Å². The summed E-state index contributed by atoms with van der Waals surface area (Å²) in [5.41, 5.74) is -0.709. The second-order valence-electron chi connectivity index (χ2n) is 5.70. The van der Waals surface area contributed by atoms with Crippen LogP contribution in [0.5, 0.6) is 0 Å². The Kier molecular flexibility index (Phi) is 4.60. The number of nitrogens with zero attached hydrogens (tertiary/aromatic N) is 1. The summed E-state index contributed by atoms with van der Waals surface area (Å²) in [6.07, 6.45) is 4.03. The molecule has 0 spiro atoms. The lowest BCUT2D eigenvalue weighted by atomic mass is 9.78. The smallest absolute Gasteiger partial charge is 0.305 e. The molecule has 1 aromatic rings. The SMILES string of the molecule is CN(C(=O)c1ccccc1F)C1(CC(=O)O)CCCCC1. The van der Waals surface area contributed by atoms with E-state index in [0.717, 1.165) is 19.3 Å². The quantitative estimate of drug-likeness (QED) is 0.928. The molecule has 1 aromatic carbocycles. The number of amides is 1. The van der Waals surface area contributed by atoms with E-state index in [2.05, 4.69) is 0 Å². The van der Waals surface area contributed by atoms with E-state index in [1.54, 1.807) is 13.1 Å². The number of halogens is 1. The lowest BCUT2D eigenvalue weighted by molar-refractivity contribution is -0.140. The van der Waals surface area contributed by atoms with Gasteiger partial charge in [-0.15, -0.1) is 0 Å². The van der Waals surface area contributed by atoms with Gasteiger partial charge in [-0.25, -0.2) is 4.39 Å². The van der Waals surface area contributed by atoms with E-state index in [9.17, 15) is 19.1 Å². The van der Waals surface area contributed by atoms with Gasteiger partial charge >= 0.3 is 5.97 Å². The Hall–Kier alpha value is -1.91. The molecule has 1 amide bonds. The second kappa shape index (κ2) is 6.24. The topological polar surface area (TPSA) is 57.6 Å². The van der Waals surface area contributed by atoms with Gasteiger partial charge in [0.1, 0.15) is 5.82 Å². The molecule has 1 N–H and O–H groups in total. The van der Waals surface area contributed by atoms with Crippen molar-refractivity contribution >= 4 is 11.9 Å². The third-order valence-electron chi connectivity index (χ3n) is 4.38. The summed E-state index contributed by atoms with van der Waals surface area (Å²) in [4.78, 5) is 25.2. The number of rotatable bonds is 4. The Morgan fingerprint density at radius 1 is 1.24 bits per heavy atom. The summed E-state index contributed by atoms with van der Waals surface area (Å²) < 4.78 is 13.8. The molecule has 0 bridgehead atoms. The van der Waals surface area contributed by atoms with Gasteiger partial charge in [-0.3, -0.25) is 9.59 Å². The molecule has 21 heavy (non-hydrogen) atoms. The number of carbonyl (C=O) groups is 2. The third kappa shape index (κ3) is 3.23. The van der Waals surface area contributed by atoms with Crippen molar-refractivity contribution in [3.05, 3.63) is 35.6 Å². The maximum absolute atomic E-state index is 13.8. The van der Waals surface area contributed by atoms with E-state index in [0.29, 0.717) is 12.8 Å². The van der Waals surface area contributed by atoms with E-state index in [1.807, 2.05) is 0 Å². The number of aliphatic carboxylic acids is 1. The molecule has 2 rings (SSSR count). The maximum atomic E-state index is 13.8. The van der Waals surface area contributed by atoms with Crippen LogP contribution in [-0.2, 0) is 4.79 Å². The number of carboxylic acid groups (broad SMARTS) is 1. The standard InChI is InChI=1S/C16H20FNO3/c1-18(15(21)12-7-3-4-8-13(12)17)16(11-14(19)20)9-5-2-6-10-16/h3-4,7-8H,2,5-6,9-11H2,1H3,(H,19,20). The average molecular weight is 293 g/mol. The first-order chi connectivity index (χ1) is 9.96. The Bertz CT molecular complexity index is 538. The van der Waals surface area contributed by atoms with Gasteiger partial charge in [0, 0.05) is 7.05 Å². The van der Waals surface area contributed by atoms with Crippen molar-refractivity contribution in [3.8, 4) is 0 Å². The van der Waals surface area contributed by atoms with Crippen LogP contribution >= 0.6 is 0 Å². The third-order valence-corrected chi connectivity index (χ3v) is 4.38. The van der Waals surface area contributed by atoms with Gasteiger partial charge in [-0.05, 0) is 25.0 Å². The molecule has 0 heterocycles. The van der Waals surface area contributed by atoms with Gasteiger partial charge in [0.2, 0.25) is 0 Å². The van der Waals surface area contributed by atoms with E-state index in [4.69, 9.17) is 0 Å². The Morgan fingerprint density at radius 3 is 2.43 bits per heavy atom. The fraction of sp³-hybridized carbons (Fsp3) is 0.500. The lowest BCUT2D eigenvalue weighted by Crippen LogP contribution is -2.52. The van der Waals surface area contributed by atoms with Crippen molar-refractivity contribution in [2.24, 2.45) is 0 Å². The zero-order valence-corrected chi connectivity index (χ0v) is 12.1. The molecule has 5 heteroatoms. The second-order valence-corrected chi connectivity index (χ2v) is 5.70. The molecule has 1 saturated carbocycles. The summed E-state index contributed by atoms with van der Waals surface area (Å²) in [6.45, 7) is 0. The van der Waals surface area contributed by atoms with Crippen LogP contribution in [0.4, 0.5) is 4.39 Å². The molecule has 1 aliphatic rings. The van der Waals surface area contributed by atoms with Gasteiger partial charge in [0.05, 0.1) is 17.5 Å². The van der Waals surface area contributed by atoms with Crippen LogP contribution < -0.4 is 0 Å². The number of benzene rings is 1. The van der Waals surface area contributed by atoms with Crippen molar-refractivity contribution in [2.75, 3.05) is 7.05 Å². The van der Waals surface area contributed by atoms with E-state index >= 15 is 0 Å². The summed E-state index contributed by atoms with van der Waals surface area (Å²) in [5.74, 6) is -1.95. The number of hydrogen-bond acceptors (Lipinski definition) is 2. The number of carbonyl (C=O) groups excluding carboxylic acids is 1. The number of hydrogen-bond donors (Lipinski definition) is 1. The van der Waals surface area contributed by atoms with E-state index in [1.165, 1.54) is 23.1 Å². The predicted molar refractivity (Wildman–Crippen MR) is 76.6 cm³/mol. The van der Waals surface area contributed by atoms with Crippen LogP contribution in [-0.4, -0.2) is 34.5 Å². The van der Waals surface area contributed by atoms with E-state index in [-0.39, 0.29) is 12.0 Å². The van der Waals surface area contributed by atoms with Crippen molar-refractivity contribution in [1.82, 2.24) is 4.90 Å². The fourth-order valence-electron chi connectivity index (χ4n) is 3.15. The Labute approximate surface area is 123 Å². The molecule has 0 aromatic heterocycles. The summed E-state index contributed by atoms with van der Waals surface area (Å²) in [6, 6.07) is 5.81. The van der Waals surface area contributed by atoms with Gasteiger partial charge < -0.3 is 10.0 Å². The normalized spacial score (nSPS) is 17.2. The van der Waals surface area contributed by atoms with Crippen LogP contribution in [0.2, 0.25) is 0 Å².